The normalized spacial score (nSPS) is 24.4. The molecule has 3 heteroatoms. The van der Waals surface area contributed by atoms with E-state index in [1.165, 1.54) is 24.5 Å². The summed E-state index contributed by atoms with van der Waals surface area (Å²) in [4.78, 5) is 0. The van der Waals surface area contributed by atoms with Crippen molar-refractivity contribution in [2.45, 2.75) is 37.7 Å². The van der Waals surface area contributed by atoms with Gasteiger partial charge < -0.3 is 9.47 Å². The minimum absolute atomic E-state index is 0.286. The number of ether oxygens (including phenoxy) is 2. The van der Waals surface area contributed by atoms with Crippen LogP contribution in [0.3, 0.4) is 0 Å². The molecule has 98 valence electrons. The predicted molar refractivity (Wildman–Crippen MR) is 73.3 cm³/mol. The zero-order chi connectivity index (χ0) is 13.2. The van der Waals surface area contributed by atoms with E-state index in [9.17, 15) is 0 Å². The molecule has 1 saturated carbocycles. The molecule has 2 atom stereocenters. The number of nitrogens with zero attached hydrogens (tertiary/aromatic N) is 1. The molecule has 1 aromatic carbocycles. The van der Waals surface area contributed by atoms with Crippen molar-refractivity contribution in [3.8, 4) is 17.6 Å². The number of benzene rings is 1. The maximum Gasteiger partial charge on any atom is 0.165 e. The highest BCUT2D eigenvalue weighted by atomic mass is 16.5. The van der Waals surface area contributed by atoms with Crippen LogP contribution in [0.2, 0.25) is 0 Å². The molecule has 0 radical (unpaired) electrons. The van der Waals surface area contributed by atoms with E-state index >= 15 is 0 Å². The van der Waals surface area contributed by atoms with Crippen LogP contribution in [0.25, 0.3) is 6.08 Å². The average molecular weight is 255 g/mol. The first kappa shape index (κ1) is 12.1. The van der Waals surface area contributed by atoms with Gasteiger partial charge in [0.1, 0.15) is 6.10 Å². The topological polar surface area (TPSA) is 42.2 Å². The molecule has 0 saturated heterocycles. The number of rotatable bonds is 2. The summed E-state index contributed by atoms with van der Waals surface area (Å²) in [6.45, 7) is 0. The lowest BCUT2D eigenvalue weighted by atomic mass is 9.81. The van der Waals surface area contributed by atoms with Crippen LogP contribution in [0.15, 0.2) is 18.2 Å². The zero-order valence-corrected chi connectivity index (χ0v) is 11.1. The number of methoxy groups -OCH3 is 1. The minimum Gasteiger partial charge on any atom is -0.493 e. The van der Waals surface area contributed by atoms with E-state index in [2.05, 4.69) is 6.07 Å². The Kier molecular flexibility index (Phi) is 3.16. The van der Waals surface area contributed by atoms with Crippen LogP contribution in [0.5, 0.6) is 11.5 Å². The van der Waals surface area contributed by atoms with Gasteiger partial charge in [0.15, 0.2) is 11.5 Å². The second-order valence-electron chi connectivity index (χ2n) is 5.11. The standard InChI is InChI=1S/C16H17NO2/c1-18-14-9-8-11(5-4-10-17)15-12-6-2-3-7-13(12)19-16(14)15/h4-5,8-9,12-13H,2-3,6-7H2,1H3/b5-4+/t12-,13+/m0/s1. The van der Waals surface area contributed by atoms with Gasteiger partial charge in [-0.2, -0.15) is 5.26 Å². The quantitative estimate of drug-likeness (QED) is 0.757. The molecule has 1 heterocycles. The lowest BCUT2D eigenvalue weighted by molar-refractivity contribution is 0.160. The Labute approximate surface area is 113 Å². The molecule has 0 bridgehead atoms. The highest BCUT2D eigenvalue weighted by Crippen LogP contribution is 2.51. The Morgan fingerprint density at radius 3 is 3.00 bits per heavy atom. The van der Waals surface area contributed by atoms with E-state index in [-0.39, 0.29) is 6.10 Å². The van der Waals surface area contributed by atoms with E-state index in [4.69, 9.17) is 14.7 Å². The van der Waals surface area contributed by atoms with Gasteiger partial charge in [-0.05, 0) is 37.0 Å². The smallest absolute Gasteiger partial charge is 0.165 e. The fourth-order valence-corrected chi connectivity index (χ4v) is 3.25. The number of nitriles is 1. The molecular weight excluding hydrogens is 238 g/mol. The molecular formula is C16H17NO2. The summed E-state index contributed by atoms with van der Waals surface area (Å²) in [7, 11) is 1.67. The lowest BCUT2D eigenvalue weighted by Crippen LogP contribution is -2.22. The molecule has 3 nitrogen and oxygen atoms in total. The SMILES string of the molecule is COc1ccc(/C=C/C#N)c2c1O[C@@H]1CCCC[C@H]21. The van der Waals surface area contributed by atoms with E-state index in [0.29, 0.717) is 5.92 Å². The summed E-state index contributed by atoms with van der Waals surface area (Å²) in [5.74, 6) is 2.15. The van der Waals surface area contributed by atoms with Gasteiger partial charge in [0.25, 0.3) is 0 Å². The highest BCUT2D eigenvalue weighted by Gasteiger charge is 2.39. The Hall–Kier alpha value is -1.95. The van der Waals surface area contributed by atoms with Gasteiger partial charge in [-0.3, -0.25) is 0 Å². The molecule has 3 rings (SSSR count). The summed E-state index contributed by atoms with van der Waals surface area (Å²) in [6, 6.07) is 6.00. The molecule has 1 aromatic rings. The second kappa shape index (κ2) is 4.97. The van der Waals surface area contributed by atoms with Gasteiger partial charge in [0.2, 0.25) is 0 Å². The van der Waals surface area contributed by atoms with Crippen LogP contribution in [-0.4, -0.2) is 13.2 Å². The van der Waals surface area contributed by atoms with E-state index < -0.39 is 0 Å². The Morgan fingerprint density at radius 2 is 2.21 bits per heavy atom. The number of hydrogen-bond acceptors (Lipinski definition) is 3. The predicted octanol–water partition coefficient (Wildman–Crippen LogP) is 3.65. The van der Waals surface area contributed by atoms with E-state index in [1.54, 1.807) is 7.11 Å². The summed E-state index contributed by atoms with van der Waals surface area (Å²) >= 11 is 0. The van der Waals surface area contributed by atoms with Gasteiger partial charge in [-0.1, -0.05) is 12.5 Å². The van der Waals surface area contributed by atoms with Gasteiger partial charge in [-0.15, -0.1) is 0 Å². The van der Waals surface area contributed by atoms with Crippen LogP contribution in [0.1, 0.15) is 42.7 Å². The maximum absolute atomic E-state index is 8.72. The number of fused-ring (bicyclic) bond motifs is 3. The second-order valence-corrected chi connectivity index (χ2v) is 5.11. The molecule has 0 spiro atoms. The van der Waals surface area contributed by atoms with Crippen molar-refractivity contribution in [3.05, 3.63) is 29.3 Å². The molecule has 0 N–H and O–H groups in total. The lowest BCUT2D eigenvalue weighted by Gasteiger charge is -2.24. The van der Waals surface area contributed by atoms with Gasteiger partial charge in [-0.25, -0.2) is 0 Å². The summed E-state index contributed by atoms with van der Waals surface area (Å²) < 4.78 is 11.5. The van der Waals surface area contributed by atoms with Crippen LogP contribution in [-0.2, 0) is 0 Å². The van der Waals surface area contributed by atoms with Crippen LogP contribution in [0, 0.1) is 11.3 Å². The molecule has 0 aromatic heterocycles. The first-order valence-electron chi connectivity index (χ1n) is 6.79. The molecule has 0 unspecified atom stereocenters. The van der Waals surface area contributed by atoms with Gasteiger partial charge in [0, 0.05) is 17.6 Å². The third-order valence-corrected chi connectivity index (χ3v) is 4.09. The average Bonchev–Trinajstić information content (AvgIpc) is 2.84. The largest absolute Gasteiger partial charge is 0.493 e. The summed E-state index contributed by atoms with van der Waals surface area (Å²) in [6.07, 6.45) is 8.46. The van der Waals surface area contributed by atoms with Gasteiger partial charge >= 0.3 is 0 Å². The maximum atomic E-state index is 8.72. The van der Waals surface area contributed by atoms with Crippen LogP contribution >= 0.6 is 0 Å². The first-order valence-corrected chi connectivity index (χ1v) is 6.79. The minimum atomic E-state index is 0.286. The van der Waals surface area contributed by atoms with Crippen molar-refractivity contribution < 1.29 is 9.47 Å². The monoisotopic (exact) mass is 255 g/mol. The molecule has 2 aliphatic rings. The van der Waals surface area contributed by atoms with Crippen LogP contribution < -0.4 is 9.47 Å². The van der Waals surface area contributed by atoms with Crippen molar-refractivity contribution in [1.82, 2.24) is 0 Å². The first-order chi connectivity index (χ1) is 9.35. The highest BCUT2D eigenvalue weighted by molar-refractivity contribution is 5.66. The van der Waals surface area contributed by atoms with Crippen molar-refractivity contribution in [3.63, 3.8) is 0 Å². The van der Waals surface area contributed by atoms with Crippen molar-refractivity contribution >= 4 is 6.08 Å². The molecule has 19 heavy (non-hydrogen) atoms. The third kappa shape index (κ3) is 1.98. The Balaban J connectivity index is 2.09. The molecule has 1 aliphatic carbocycles. The number of hydrogen-bond donors (Lipinski definition) is 0. The molecule has 1 fully saturated rings. The van der Waals surface area contributed by atoms with E-state index in [1.807, 2.05) is 18.2 Å². The van der Waals surface area contributed by atoms with E-state index in [0.717, 1.165) is 29.9 Å². The van der Waals surface area contributed by atoms with Crippen molar-refractivity contribution in [2.75, 3.05) is 7.11 Å². The number of allylic oxidation sites excluding steroid dienone is 1. The summed E-state index contributed by atoms with van der Waals surface area (Å²) in [5.41, 5.74) is 2.32. The van der Waals surface area contributed by atoms with Crippen molar-refractivity contribution in [1.29, 1.82) is 5.26 Å². The third-order valence-electron chi connectivity index (χ3n) is 4.09. The fraction of sp³-hybridized carbons (Fsp3) is 0.438. The van der Waals surface area contributed by atoms with Crippen LogP contribution in [0.4, 0.5) is 0 Å². The van der Waals surface area contributed by atoms with Gasteiger partial charge in [0.05, 0.1) is 13.2 Å². The molecule has 0 amide bonds. The van der Waals surface area contributed by atoms with Crippen molar-refractivity contribution in [2.24, 2.45) is 0 Å². The Bertz CT molecular complexity index is 557. The zero-order valence-electron chi connectivity index (χ0n) is 11.1. The summed E-state index contributed by atoms with van der Waals surface area (Å²) in [5, 5.41) is 8.72. The molecule has 1 aliphatic heterocycles. The Morgan fingerprint density at radius 1 is 1.37 bits per heavy atom. The fourth-order valence-electron chi connectivity index (χ4n) is 3.25.